The molecule has 0 aliphatic carbocycles. The molecule has 20 heavy (non-hydrogen) atoms. The Kier molecular flexibility index (Phi) is 3.72. The number of para-hydroxylation sites is 1. The van der Waals surface area contributed by atoms with Crippen LogP contribution in [0.15, 0.2) is 42.6 Å². The van der Waals surface area contributed by atoms with Crippen LogP contribution in [0.5, 0.6) is 11.6 Å². The Bertz CT molecular complexity index is 569. The number of rotatable bonds is 5. The summed E-state index contributed by atoms with van der Waals surface area (Å²) in [6.07, 6.45) is 1.80. The van der Waals surface area contributed by atoms with Gasteiger partial charge in [0, 0.05) is 24.1 Å². The van der Waals surface area contributed by atoms with Gasteiger partial charge in [-0.25, -0.2) is 4.98 Å². The summed E-state index contributed by atoms with van der Waals surface area (Å²) in [5, 5.41) is 3.40. The summed E-state index contributed by atoms with van der Waals surface area (Å²) in [5.41, 5.74) is 2.27. The fraction of sp³-hybridized carbons (Fsp3) is 0.312. The second kappa shape index (κ2) is 5.82. The summed E-state index contributed by atoms with van der Waals surface area (Å²) < 4.78 is 11.0. The molecular formula is C16H18N2O2. The fourth-order valence-electron chi connectivity index (χ4n) is 2.36. The lowest BCUT2D eigenvalue weighted by molar-refractivity contribution is 0.327. The lowest BCUT2D eigenvalue weighted by Gasteiger charge is -2.11. The van der Waals surface area contributed by atoms with E-state index in [0.717, 1.165) is 24.6 Å². The van der Waals surface area contributed by atoms with Crippen molar-refractivity contribution in [3.05, 3.63) is 48.2 Å². The first kappa shape index (κ1) is 12.8. The molecule has 1 unspecified atom stereocenters. The number of nitrogens with one attached hydrogen (secondary N) is 1. The van der Waals surface area contributed by atoms with Crippen molar-refractivity contribution in [1.82, 2.24) is 4.98 Å². The van der Waals surface area contributed by atoms with E-state index >= 15 is 0 Å². The van der Waals surface area contributed by atoms with Gasteiger partial charge < -0.3 is 14.8 Å². The van der Waals surface area contributed by atoms with Crippen molar-refractivity contribution < 1.29 is 9.47 Å². The van der Waals surface area contributed by atoms with Crippen molar-refractivity contribution in [1.29, 1.82) is 0 Å². The highest BCUT2D eigenvalue weighted by atomic mass is 16.5. The number of hydrogen-bond acceptors (Lipinski definition) is 4. The minimum Gasteiger partial charge on any atom is -0.493 e. The Morgan fingerprint density at radius 3 is 3.00 bits per heavy atom. The first-order valence-corrected chi connectivity index (χ1v) is 6.91. The van der Waals surface area contributed by atoms with E-state index in [1.165, 1.54) is 5.56 Å². The Hall–Kier alpha value is -2.23. The number of nitrogens with zero attached hydrogens (tertiary/aromatic N) is 1. The number of anilines is 1. The number of hydrogen-bond donors (Lipinski definition) is 1. The van der Waals surface area contributed by atoms with Crippen LogP contribution >= 0.6 is 0 Å². The van der Waals surface area contributed by atoms with E-state index in [0.29, 0.717) is 18.4 Å². The predicted octanol–water partition coefficient (Wildman–Crippen LogP) is 3.07. The van der Waals surface area contributed by atoms with E-state index in [4.69, 9.17) is 9.47 Å². The second-order valence-electron chi connectivity index (χ2n) is 4.74. The highest BCUT2D eigenvalue weighted by Gasteiger charge is 2.23. The summed E-state index contributed by atoms with van der Waals surface area (Å²) in [7, 11) is 0. The number of aromatic nitrogens is 1. The van der Waals surface area contributed by atoms with Gasteiger partial charge in [0.1, 0.15) is 5.75 Å². The van der Waals surface area contributed by atoms with E-state index in [1.54, 1.807) is 6.20 Å². The highest BCUT2D eigenvalue weighted by molar-refractivity contribution is 5.45. The SMILES string of the molecule is CCOc1ccc(NCC2COc3ccccc32)cn1. The molecule has 2 aromatic rings. The van der Waals surface area contributed by atoms with Crippen molar-refractivity contribution in [2.24, 2.45) is 0 Å². The average Bonchev–Trinajstić information content (AvgIpc) is 2.90. The number of ether oxygens (including phenoxy) is 2. The van der Waals surface area contributed by atoms with Crippen molar-refractivity contribution in [2.75, 3.05) is 25.1 Å². The zero-order chi connectivity index (χ0) is 13.8. The van der Waals surface area contributed by atoms with E-state index in [2.05, 4.69) is 22.4 Å². The summed E-state index contributed by atoms with van der Waals surface area (Å²) in [5.74, 6) is 2.05. The minimum atomic E-state index is 0.387. The van der Waals surface area contributed by atoms with Gasteiger partial charge in [-0.15, -0.1) is 0 Å². The van der Waals surface area contributed by atoms with Crippen LogP contribution in [0.1, 0.15) is 18.4 Å². The zero-order valence-corrected chi connectivity index (χ0v) is 11.5. The van der Waals surface area contributed by atoms with Crippen LogP contribution in [0.3, 0.4) is 0 Å². The van der Waals surface area contributed by atoms with Crippen LogP contribution in [0.25, 0.3) is 0 Å². The molecule has 1 aromatic carbocycles. The fourth-order valence-corrected chi connectivity index (χ4v) is 2.36. The van der Waals surface area contributed by atoms with Crippen LogP contribution in [0.4, 0.5) is 5.69 Å². The first-order valence-electron chi connectivity index (χ1n) is 6.91. The van der Waals surface area contributed by atoms with E-state index < -0.39 is 0 Å². The number of benzene rings is 1. The zero-order valence-electron chi connectivity index (χ0n) is 11.5. The topological polar surface area (TPSA) is 43.4 Å². The molecule has 1 atom stereocenters. The molecule has 1 aromatic heterocycles. The summed E-state index contributed by atoms with van der Waals surface area (Å²) in [4.78, 5) is 4.24. The molecule has 0 radical (unpaired) electrons. The van der Waals surface area contributed by atoms with Crippen molar-refractivity contribution >= 4 is 5.69 Å². The van der Waals surface area contributed by atoms with Gasteiger partial charge in [-0.1, -0.05) is 18.2 Å². The highest BCUT2D eigenvalue weighted by Crippen LogP contribution is 2.33. The normalized spacial score (nSPS) is 16.4. The molecule has 1 aliphatic heterocycles. The molecule has 4 nitrogen and oxygen atoms in total. The lowest BCUT2D eigenvalue weighted by atomic mass is 10.0. The van der Waals surface area contributed by atoms with Crippen LogP contribution in [-0.4, -0.2) is 24.7 Å². The molecule has 1 N–H and O–H groups in total. The quantitative estimate of drug-likeness (QED) is 0.906. The Morgan fingerprint density at radius 1 is 1.30 bits per heavy atom. The van der Waals surface area contributed by atoms with E-state index in [9.17, 15) is 0 Å². The molecule has 0 fully saturated rings. The molecule has 0 saturated carbocycles. The third kappa shape index (κ3) is 2.69. The molecule has 1 aliphatic rings. The van der Waals surface area contributed by atoms with Gasteiger partial charge in [0.05, 0.1) is 25.1 Å². The lowest BCUT2D eigenvalue weighted by Crippen LogP contribution is -2.14. The molecule has 0 saturated heterocycles. The van der Waals surface area contributed by atoms with Crippen molar-refractivity contribution in [2.45, 2.75) is 12.8 Å². The Labute approximate surface area is 118 Å². The second-order valence-corrected chi connectivity index (χ2v) is 4.74. The van der Waals surface area contributed by atoms with Gasteiger partial charge in [-0.2, -0.15) is 0 Å². The van der Waals surface area contributed by atoms with Crippen LogP contribution in [-0.2, 0) is 0 Å². The van der Waals surface area contributed by atoms with Crippen molar-refractivity contribution in [3.63, 3.8) is 0 Å². The molecule has 0 bridgehead atoms. The van der Waals surface area contributed by atoms with Crippen LogP contribution < -0.4 is 14.8 Å². The maximum atomic E-state index is 5.67. The Balaban J connectivity index is 1.60. The summed E-state index contributed by atoms with van der Waals surface area (Å²) in [6.45, 7) is 4.16. The van der Waals surface area contributed by atoms with E-state index in [-0.39, 0.29) is 0 Å². The Morgan fingerprint density at radius 2 is 2.20 bits per heavy atom. The smallest absolute Gasteiger partial charge is 0.213 e. The maximum absolute atomic E-state index is 5.67. The van der Waals surface area contributed by atoms with E-state index in [1.807, 2.05) is 31.2 Å². The first-order chi connectivity index (χ1) is 9.86. The van der Waals surface area contributed by atoms with Gasteiger partial charge in [-0.05, 0) is 19.1 Å². The van der Waals surface area contributed by atoms with Crippen LogP contribution in [0, 0.1) is 0 Å². The number of fused-ring (bicyclic) bond motifs is 1. The molecule has 0 spiro atoms. The monoisotopic (exact) mass is 270 g/mol. The maximum Gasteiger partial charge on any atom is 0.213 e. The summed E-state index contributed by atoms with van der Waals surface area (Å²) >= 11 is 0. The third-order valence-corrected chi connectivity index (χ3v) is 3.38. The van der Waals surface area contributed by atoms with Gasteiger partial charge in [-0.3, -0.25) is 0 Å². The average molecular weight is 270 g/mol. The largest absolute Gasteiger partial charge is 0.493 e. The molecule has 104 valence electrons. The molecule has 2 heterocycles. The van der Waals surface area contributed by atoms with Gasteiger partial charge >= 0.3 is 0 Å². The molecule has 0 amide bonds. The molecular weight excluding hydrogens is 252 g/mol. The summed E-state index contributed by atoms with van der Waals surface area (Å²) in [6, 6.07) is 12.1. The van der Waals surface area contributed by atoms with Crippen LogP contribution in [0.2, 0.25) is 0 Å². The van der Waals surface area contributed by atoms with Crippen molar-refractivity contribution in [3.8, 4) is 11.6 Å². The minimum absolute atomic E-state index is 0.387. The third-order valence-electron chi connectivity index (χ3n) is 3.38. The number of pyridine rings is 1. The molecule has 4 heteroatoms. The standard InChI is InChI=1S/C16H18N2O2/c1-2-19-16-8-7-13(10-18-16)17-9-12-11-20-15-6-4-3-5-14(12)15/h3-8,10,12,17H,2,9,11H2,1H3. The molecule has 3 rings (SSSR count). The van der Waals surface area contributed by atoms with Gasteiger partial charge in [0.25, 0.3) is 0 Å². The van der Waals surface area contributed by atoms with Gasteiger partial charge in [0.2, 0.25) is 5.88 Å². The van der Waals surface area contributed by atoms with Gasteiger partial charge in [0.15, 0.2) is 0 Å². The predicted molar refractivity (Wildman–Crippen MR) is 78.6 cm³/mol.